The van der Waals surface area contributed by atoms with Crippen LogP contribution in [0.3, 0.4) is 0 Å². The Bertz CT molecular complexity index is 1020. The largest absolute Gasteiger partial charge is 0.494 e. The molecule has 4 rings (SSSR count). The van der Waals surface area contributed by atoms with Crippen molar-refractivity contribution >= 4 is 16.8 Å². The Hall–Kier alpha value is -2.88. The van der Waals surface area contributed by atoms with Crippen molar-refractivity contribution in [2.45, 2.75) is 33.6 Å². The second-order valence-corrected chi connectivity index (χ2v) is 8.60. The van der Waals surface area contributed by atoms with Crippen LogP contribution >= 0.6 is 0 Å². The molecule has 2 heterocycles. The molecule has 0 aliphatic carbocycles. The summed E-state index contributed by atoms with van der Waals surface area (Å²) in [5.41, 5.74) is 3.39. The number of rotatable bonds is 5. The summed E-state index contributed by atoms with van der Waals surface area (Å²) in [6.45, 7) is 8.90. The van der Waals surface area contributed by atoms with Gasteiger partial charge in [0.2, 0.25) is 0 Å². The Labute approximate surface area is 178 Å². The number of hydrogen-bond acceptors (Lipinski definition) is 3. The summed E-state index contributed by atoms with van der Waals surface area (Å²) in [6, 6.07) is 17.9. The van der Waals surface area contributed by atoms with Gasteiger partial charge in [-0.15, -0.1) is 0 Å². The first-order chi connectivity index (χ1) is 14.5. The van der Waals surface area contributed by atoms with Gasteiger partial charge in [0.15, 0.2) is 0 Å². The molecule has 1 fully saturated rings. The van der Waals surface area contributed by atoms with Gasteiger partial charge in [0, 0.05) is 24.0 Å². The third-order valence-electron chi connectivity index (χ3n) is 5.73. The van der Waals surface area contributed by atoms with Gasteiger partial charge in [-0.1, -0.05) is 39.0 Å². The van der Waals surface area contributed by atoms with Gasteiger partial charge < -0.3 is 9.64 Å². The van der Waals surface area contributed by atoms with Gasteiger partial charge in [0.05, 0.1) is 23.4 Å². The normalized spacial score (nSPS) is 19.1. The summed E-state index contributed by atoms with van der Waals surface area (Å²) in [5, 5.41) is 0.917. The number of piperidine rings is 1. The quantitative estimate of drug-likeness (QED) is 0.541. The molecule has 0 N–H and O–H groups in total. The van der Waals surface area contributed by atoms with E-state index < -0.39 is 0 Å². The summed E-state index contributed by atoms with van der Waals surface area (Å²) >= 11 is 0. The number of para-hydroxylation sites is 1. The molecule has 0 bridgehead atoms. The van der Waals surface area contributed by atoms with Crippen LogP contribution in [0.1, 0.15) is 44.0 Å². The molecule has 156 valence electrons. The average molecular weight is 403 g/mol. The van der Waals surface area contributed by atoms with E-state index in [-0.39, 0.29) is 5.91 Å². The van der Waals surface area contributed by atoms with Crippen molar-refractivity contribution in [3.05, 3.63) is 60.2 Å². The van der Waals surface area contributed by atoms with E-state index >= 15 is 0 Å². The predicted octanol–water partition coefficient (Wildman–Crippen LogP) is 5.81. The van der Waals surface area contributed by atoms with Crippen LogP contribution in [0.5, 0.6) is 5.75 Å². The maximum atomic E-state index is 13.5. The monoisotopic (exact) mass is 402 g/mol. The molecule has 4 nitrogen and oxygen atoms in total. The van der Waals surface area contributed by atoms with Crippen LogP contribution < -0.4 is 4.74 Å². The molecule has 0 spiro atoms. The van der Waals surface area contributed by atoms with Crippen LogP contribution in [-0.4, -0.2) is 35.5 Å². The second-order valence-electron chi connectivity index (χ2n) is 8.60. The van der Waals surface area contributed by atoms with E-state index in [1.54, 1.807) is 0 Å². The van der Waals surface area contributed by atoms with E-state index in [9.17, 15) is 4.79 Å². The summed E-state index contributed by atoms with van der Waals surface area (Å²) in [7, 11) is 0. The van der Waals surface area contributed by atoms with E-state index in [2.05, 4.69) is 20.8 Å². The summed E-state index contributed by atoms with van der Waals surface area (Å²) < 4.78 is 5.70. The van der Waals surface area contributed by atoms with Crippen molar-refractivity contribution in [3.63, 3.8) is 0 Å². The van der Waals surface area contributed by atoms with E-state index in [0.717, 1.165) is 53.0 Å². The smallest absolute Gasteiger partial charge is 0.254 e. The molecule has 1 aliphatic rings. The minimum atomic E-state index is 0.108. The molecular weight excluding hydrogens is 372 g/mol. The number of benzene rings is 2. The number of hydrogen-bond donors (Lipinski definition) is 0. The fraction of sp³-hybridized carbons (Fsp3) is 0.385. The Morgan fingerprint density at radius 3 is 2.47 bits per heavy atom. The Balaban J connectivity index is 1.72. The first kappa shape index (κ1) is 20.4. The second kappa shape index (κ2) is 8.86. The number of amides is 1. The summed E-state index contributed by atoms with van der Waals surface area (Å²) in [6.07, 6.45) is 2.16. The SMILES string of the molecule is CCCOc1ccc(-c2cc(C(=O)N3C[C@H](C)C[C@@H](C)C3)c3ccccc3n2)cc1. The zero-order chi connectivity index (χ0) is 21.1. The number of nitrogens with zero attached hydrogens (tertiary/aromatic N) is 2. The van der Waals surface area contributed by atoms with Gasteiger partial charge in [-0.25, -0.2) is 4.98 Å². The Morgan fingerprint density at radius 2 is 1.77 bits per heavy atom. The van der Waals surface area contributed by atoms with Gasteiger partial charge in [-0.3, -0.25) is 4.79 Å². The van der Waals surface area contributed by atoms with Crippen molar-refractivity contribution < 1.29 is 9.53 Å². The van der Waals surface area contributed by atoms with Crippen LogP contribution in [0.15, 0.2) is 54.6 Å². The van der Waals surface area contributed by atoms with Gasteiger partial charge in [-0.2, -0.15) is 0 Å². The molecule has 30 heavy (non-hydrogen) atoms. The number of carbonyl (C=O) groups is 1. The molecule has 1 saturated heterocycles. The highest BCUT2D eigenvalue weighted by molar-refractivity contribution is 6.07. The van der Waals surface area contributed by atoms with E-state index in [4.69, 9.17) is 9.72 Å². The standard InChI is InChI=1S/C26H30N2O2/c1-4-13-30-21-11-9-20(10-12-21)25-15-23(22-7-5-6-8-24(22)27-25)26(29)28-16-18(2)14-19(3)17-28/h5-12,15,18-19H,4,13-14,16-17H2,1-3H3/t18-,19-/m1/s1. The van der Waals surface area contributed by atoms with Crippen molar-refractivity contribution in [1.29, 1.82) is 0 Å². The van der Waals surface area contributed by atoms with Gasteiger partial charge in [-0.05, 0) is 61.1 Å². The lowest BCUT2D eigenvalue weighted by Crippen LogP contribution is -2.42. The van der Waals surface area contributed by atoms with Crippen molar-refractivity contribution in [2.24, 2.45) is 11.8 Å². The molecule has 1 aliphatic heterocycles. The Kier molecular flexibility index (Phi) is 6.03. The minimum absolute atomic E-state index is 0.108. The highest BCUT2D eigenvalue weighted by atomic mass is 16.5. The lowest BCUT2D eigenvalue weighted by Gasteiger charge is -2.35. The average Bonchev–Trinajstić information content (AvgIpc) is 2.76. The Morgan fingerprint density at radius 1 is 1.07 bits per heavy atom. The first-order valence-corrected chi connectivity index (χ1v) is 11.0. The summed E-state index contributed by atoms with van der Waals surface area (Å²) in [5.74, 6) is 2.02. The third kappa shape index (κ3) is 4.33. The first-order valence-electron chi connectivity index (χ1n) is 11.0. The van der Waals surface area contributed by atoms with Crippen LogP contribution in [0.2, 0.25) is 0 Å². The molecule has 1 amide bonds. The lowest BCUT2D eigenvalue weighted by molar-refractivity contribution is 0.0625. The number of aromatic nitrogens is 1. The predicted molar refractivity (Wildman–Crippen MR) is 122 cm³/mol. The highest BCUT2D eigenvalue weighted by Gasteiger charge is 2.27. The fourth-order valence-corrected chi connectivity index (χ4v) is 4.44. The fourth-order valence-electron chi connectivity index (χ4n) is 4.44. The molecule has 3 aromatic rings. The van der Waals surface area contributed by atoms with E-state index in [1.165, 1.54) is 6.42 Å². The van der Waals surface area contributed by atoms with Gasteiger partial charge in [0.25, 0.3) is 5.91 Å². The van der Waals surface area contributed by atoms with Gasteiger partial charge >= 0.3 is 0 Å². The number of carbonyl (C=O) groups excluding carboxylic acids is 1. The van der Waals surface area contributed by atoms with E-state index in [1.807, 2.05) is 59.5 Å². The summed E-state index contributed by atoms with van der Waals surface area (Å²) in [4.78, 5) is 20.4. The molecule has 2 atom stereocenters. The zero-order valence-corrected chi connectivity index (χ0v) is 18.1. The van der Waals surface area contributed by atoms with Crippen LogP contribution in [0, 0.1) is 11.8 Å². The van der Waals surface area contributed by atoms with Crippen LogP contribution in [-0.2, 0) is 0 Å². The molecular formula is C26H30N2O2. The number of ether oxygens (including phenoxy) is 1. The molecule has 1 aromatic heterocycles. The molecule has 2 aromatic carbocycles. The lowest BCUT2D eigenvalue weighted by atomic mass is 9.91. The van der Waals surface area contributed by atoms with Crippen LogP contribution in [0.4, 0.5) is 0 Å². The molecule has 0 unspecified atom stereocenters. The third-order valence-corrected chi connectivity index (χ3v) is 5.73. The molecule has 0 saturated carbocycles. The highest BCUT2D eigenvalue weighted by Crippen LogP contribution is 2.29. The number of likely N-dealkylation sites (tertiary alicyclic amines) is 1. The molecule has 0 radical (unpaired) electrons. The topological polar surface area (TPSA) is 42.4 Å². The van der Waals surface area contributed by atoms with Gasteiger partial charge in [0.1, 0.15) is 5.75 Å². The van der Waals surface area contributed by atoms with Crippen LogP contribution in [0.25, 0.3) is 22.2 Å². The number of fused-ring (bicyclic) bond motifs is 1. The van der Waals surface area contributed by atoms with Crippen molar-refractivity contribution in [2.75, 3.05) is 19.7 Å². The van der Waals surface area contributed by atoms with Crippen molar-refractivity contribution in [3.8, 4) is 17.0 Å². The van der Waals surface area contributed by atoms with Crippen molar-refractivity contribution in [1.82, 2.24) is 9.88 Å². The minimum Gasteiger partial charge on any atom is -0.494 e. The molecule has 4 heteroatoms. The zero-order valence-electron chi connectivity index (χ0n) is 18.1. The van der Waals surface area contributed by atoms with E-state index in [0.29, 0.717) is 18.4 Å². The number of pyridine rings is 1. The maximum absolute atomic E-state index is 13.5. The maximum Gasteiger partial charge on any atom is 0.254 e.